The first kappa shape index (κ1) is 19.6. The Kier molecular flexibility index (Phi) is 5.14. The van der Waals surface area contributed by atoms with E-state index >= 15 is 0 Å². The molecule has 0 fully saturated rings. The standard InChI is InChI=1S/C19H22BrFN4O2/c1-11(22-10-12-5-6-14(21)13(20)9-12)15-16(26)17(27)25-8-7-24(4)19(2,3)18(25)23-15/h5-6,9,22,26H,1,7-8,10H2,2-4H3. The Labute approximate surface area is 165 Å². The summed E-state index contributed by atoms with van der Waals surface area (Å²) in [6.07, 6.45) is 0. The Bertz CT molecular complexity index is 971. The number of nitrogens with one attached hydrogen (secondary N) is 1. The first-order valence-corrected chi connectivity index (χ1v) is 9.35. The van der Waals surface area contributed by atoms with E-state index in [0.717, 1.165) is 5.56 Å². The molecule has 1 aromatic carbocycles. The number of benzene rings is 1. The van der Waals surface area contributed by atoms with Gasteiger partial charge in [0.25, 0.3) is 5.56 Å². The molecule has 1 aromatic heterocycles. The van der Waals surface area contributed by atoms with E-state index in [2.05, 4.69) is 37.7 Å². The number of nitrogens with zero attached hydrogens (tertiary/aromatic N) is 3. The second kappa shape index (κ2) is 7.09. The Morgan fingerprint density at radius 3 is 2.81 bits per heavy atom. The van der Waals surface area contributed by atoms with Crippen molar-refractivity contribution in [2.45, 2.75) is 32.5 Å². The van der Waals surface area contributed by atoms with Crippen molar-refractivity contribution in [1.29, 1.82) is 0 Å². The predicted octanol–water partition coefficient (Wildman–Crippen LogP) is 2.79. The average molecular weight is 437 g/mol. The van der Waals surface area contributed by atoms with Crippen LogP contribution in [0.25, 0.3) is 5.70 Å². The minimum absolute atomic E-state index is 0.135. The van der Waals surface area contributed by atoms with E-state index in [-0.39, 0.29) is 11.5 Å². The third-order valence-electron chi connectivity index (χ3n) is 5.08. The van der Waals surface area contributed by atoms with Gasteiger partial charge in [-0.1, -0.05) is 12.6 Å². The lowest BCUT2D eigenvalue weighted by atomic mass is 9.99. The van der Waals surface area contributed by atoms with E-state index in [1.54, 1.807) is 12.1 Å². The summed E-state index contributed by atoms with van der Waals surface area (Å²) >= 11 is 3.15. The zero-order valence-corrected chi connectivity index (χ0v) is 17.1. The maximum Gasteiger partial charge on any atom is 0.296 e. The molecule has 3 rings (SSSR count). The zero-order chi connectivity index (χ0) is 19.9. The monoisotopic (exact) mass is 436 g/mol. The van der Waals surface area contributed by atoms with Gasteiger partial charge < -0.3 is 10.4 Å². The molecule has 2 heterocycles. The molecule has 2 aromatic rings. The van der Waals surface area contributed by atoms with Crippen molar-refractivity contribution < 1.29 is 9.50 Å². The summed E-state index contributed by atoms with van der Waals surface area (Å²) < 4.78 is 15.2. The van der Waals surface area contributed by atoms with Crippen molar-refractivity contribution in [3.05, 3.63) is 62.5 Å². The third kappa shape index (κ3) is 3.51. The minimum Gasteiger partial charge on any atom is -0.501 e. The summed E-state index contributed by atoms with van der Waals surface area (Å²) in [5.41, 5.74) is 0.359. The van der Waals surface area contributed by atoms with Crippen LogP contribution < -0.4 is 10.9 Å². The molecule has 0 bridgehead atoms. The lowest BCUT2D eigenvalue weighted by Crippen LogP contribution is -2.50. The van der Waals surface area contributed by atoms with E-state index in [1.807, 2.05) is 20.9 Å². The fourth-order valence-corrected chi connectivity index (χ4v) is 3.50. The molecule has 27 heavy (non-hydrogen) atoms. The molecule has 0 radical (unpaired) electrons. The van der Waals surface area contributed by atoms with Gasteiger partial charge in [0.2, 0.25) is 5.75 Å². The molecule has 2 N–H and O–H groups in total. The van der Waals surface area contributed by atoms with Gasteiger partial charge in [0, 0.05) is 19.6 Å². The maximum absolute atomic E-state index is 13.4. The highest BCUT2D eigenvalue weighted by molar-refractivity contribution is 9.10. The molecule has 0 unspecified atom stereocenters. The highest BCUT2D eigenvalue weighted by Gasteiger charge is 2.36. The molecule has 144 valence electrons. The fourth-order valence-electron chi connectivity index (χ4n) is 3.07. The maximum atomic E-state index is 13.4. The molecule has 6 nitrogen and oxygen atoms in total. The quantitative estimate of drug-likeness (QED) is 0.770. The summed E-state index contributed by atoms with van der Waals surface area (Å²) in [5.74, 6) is -0.177. The zero-order valence-electron chi connectivity index (χ0n) is 15.5. The SMILES string of the molecule is C=C(NCc1ccc(F)c(Br)c1)c1nc2n(c(=O)c1O)CCN(C)C2(C)C. The third-order valence-corrected chi connectivity index (χ3v) is 5.69. The molecule has 1 aliphatic rings. The normalized spacial score (nSPS) is 16.0. The first-order chi connectivity index (χ1) is 12.6. The average Bonchev–Trinajstić information content (AvgIpc) is 2.62. The van der Waals surface area contributed by atoms with Crippen molar-refractivity contribution in [1.82, 2.24) is 19.8 Å². The van der Waals surface area contributed by atoms with Crippen molar-refractivity contribution in [3.8, 4) is 5.75 Å². The largest absolute Gasteiger partial charge is 0.501 e. The van der Waals surface area contributed by atoms with Crippen LogP contribution in [0.1, 0.15) is 30.9 Å². The summed E-state index contributed by atoms with van der Waals surface area (Å²) in [4.78, 5) is 19.3. The van der Waals surface area contributed by atoms with Gasteiger partial charge in [-0.05, 0) is 54.5 Å². The van der Waals surface area contributed by atoms with Gasteiger partial charge in [0.15, 0.2) is 0 Å². The molecule has 0 saturated carbocycles. The van der Waals surface area contributed by atoms with Gasteiger partial charge in [0.1, 0.15) is 17.3 Å². The van der Waals surface area contributed by atoms with Crippen LogP contribution in [0.2, 0.25) is 0 Å². The molecule has 0 saturated heterocycles. The number of likely N-dealkylation sites (N-methyl/N-ethyl adjacent to an activating group) is 1. The van der Waals surface area contributed by atoms with E-state index < -0.39 is 16.8 Å². The van der Waals surface area contributed by atoms with Crippen LogP contribution in [-0.4, -0.2) is 33.1 Å². The van der Waals surface area contributed by atoms with Crippen LogP contribution >= 0.6 is 15.9 Å². The first-order valence-electron chi connectivity index (χ1n) is 8.55. The smallest absolute Gasteiger partial charge is 0.296 e. The Morgan fingerprint density at radius 1 is 1.44 bits per heavy atom. The second-order valence-electron chi connectivity index (χ2n) is 7.15. The lowest BCUT2D eigenvalue weighted by Gasteiger charge is -2.40. The molecule has 1 aliphatic heterocycles. The Balaban J connectivity index is 1.91. The van der Waals surface area contributed by atoms with E-state index in [0.29, 0.717) is 35.6 Å². The van der Waals surface area contributed by atoms with Crippen LogP contribution in [0, 0.1) is 5.82 Å². The van der Waals surface area contributed by atoms with Crippen molar-refractivity contribution >= 4 is 21.6 Å². The van der Waals surface area contributed by atoms with Crippen LogP contribution in [0.3, 0.4) is 0 Å². The van der Waals surface area contributed by atoms with E-state index in [1.165, 1.54) is 10.6 Å². The van der Waals surface area contributed by atoms with E-state index in [9.17, 15) is 14.3 Å². The van der Waals surface area contributed by atoms with Crippen LogP contribution in [-0.2, 0) is 18.6 Å². The minimum atomic E-state index is -0.469. The van der Waals surface area contributed by atoms with Gasteiger partial charge in [-0.25, -0.2) is 9.37 Å². The molecule has 0 aliphatic carbocycles. The van der Waals surface area contributed by atoms with Crippen molar-refractivity contribution in [2.75, 3.05) is 13.6 Å². The number of rotatable bonds is 4. The number of aromatic nitrogens is 2. The topological polar surface area (TPSA) is 70.4 Å². The summed E-state index contributed by atoms with van der Waals surface area (Å²) in [6, 6.07) is 4.67. The van der Waals surface area contributed by atoms with Crippen molar-refractivity contribution in [2.24, 2.45) is 0 Å². The predicted molar refractivity (Wildman–Crippen MR) is 106 cm³/mol. The number of fused-ring (bicyclic) bond motifs is 1. The highest BCUT2D eigenvalue weighted by Crippen LogP contribution is 2.30. The molecular formula is C19H22BrFN4O2. The number of hydrogen-bond donors (Lipinski definition) is 2. The van der Waals surface area contributed by atoms with Gasteiger partial charge >= 0.3 is 0 Å². The van der Waals surface area contributed by atoms with Gasteiger partial charge in [-0.3, -0.25) is 14.3 Å². The molecule has 0 amide bonds. The molecule has 0 atom stereocenters. The van der Waals surface area contributed by atoms with Gasteiger partial charge in [0.05, 0.1) is 15.7 Å². The number of aromatic hydroxyl groups is 1. The van der Waals surface area contributed by atoms with E-state index in [4.69, 9.17) is 0 Å². The lowest BCUT2D eigenvalue weighted by molar-refractivity contribution is 0.104. The molecule has 0 spiro atoms. The van der Waals surface area contributed by atoms with Crippen LogP contribution in [0.15, 0.2) is 34.0 Å². The Hall–Kier alpha value is -2.19. The summed E-state index contributed by atoms with van der Waals surface area (Å²) in [7, 11) is 1.97. The fraction of sp³-hybridized carbons (Fsp3) is 0.368. The summed E-state index contributed by atoms with van der Waals surface area (Å²) in [6.45, 7) is 9.40. The number of halogens is 2. The Morgan fingerprint density at radius 2 is 2.15 bits per heavy atom. The van der Waals surface area contributed by atoms with Gasteiger partial charge in [-0.2, -0.15) is 0 Å². The number of hydrogen-bond acceptors (Lipinski definition) is 5. The second-order valence-corrected chi connectivity index (χ2v) is 8.00. The highest BCUT2D eigenvalue weighted by atomic mass is 79.9. The molecule has 8 heteroatoms. The molecular weight excluding hydrogens is 415 g/mol. The van der Waals surface area contributed by atoms with Crippen molar-refractivity contribution in [3.63, 3.8) is 0 Å². The van der Waals surface area contributed by atoms with Crippen LogP contribution in [0.4, 0.5) is 4.39 Å². The van der Waals surface area contributed by atoms with Gasteiger partial charge in [-0.15, -0.1) is 0 Å². The van der Waals surface area contributed by atoms with Crippen LogP contribution in [0.5, 0.6) is 5.75 Å². The summed E-state index contributed by atoms with van der Waals surface area (Å²) in [5, 5.41) is 13.4.